The van der Waals surface area contributed by atoms with Crippen molar-refractivity contribution in [2.75, 3.05) is 32.8 Å². The molecule has 0 aromatic heterocycles. The van der Waals surface area contributed by atoms with Crippen LogP contribution in [0.25, 0.3) is 0 Å². The van der Waals surface area contributed by atoms with E-state index in [0.717, 1.165) is 43.7 Å². The molecule has 4 rings (SSSR count). The van der Waals surface area contributed by atoms with Gasteiger partial charge in [-0.05, 0) is 25.7 Å². The van der Waals surface area contributed by atoms with E-state index in [1.54, 1.807) is 0 Å². The molecule has 35 heavy (non-hydrogen) atoms. The lowest BCUT2D eigenvalue weighted by Crippen LogP contribution is -2.40. The third kappa shape index (κ3) is 7.16. The highest BCUT2D eigenvalue weighted by atomic mass is 32.2. The number of Topliss-reactive ketones (excluding diaryl/α,β-unsaturated/α-hetero) is 1. The number of allylic oxidation sites excluding steroid dienone is 3. The summed E-state index contributed by atoms with van der Waals surface area (Å²) in [6, 6.07) is 9.83. The van der Waals surface area contributed by atoms with Crippen LogP contribution in [0.3, 0.4) is 0 Å². The largest absolute Gasteiger partial charge is 0.378 e. The van der Waals surface area contributed by atoms with Crippen molar-refractivity contribution in [2.45, 2.75) is 90.4 Å². The fourth-order valence-corrected chi connectivity index (χ4v) is 6.89. The number of benzene rings is 1. The molecule has 192 valence electrons. The van der Waals surface area contributed by atoms with Gasteiger partial charge in [0.05, 0.1) is 13.2 Å². The minimum Gasteiger partial charge on any atom is -0.378 e. The van der Waals surface area contributed by atoms with Crippen molar-refractivity contribution < 1.29 is 9.53 Å². The molecule has 0 spiro atoms. The Morgan fingerprint density at radius 3 is 2.23 bits per heavy atom. The standard InChI is InChI=1S/C30H44N2O2S/c1-2-3-4-5-6-7-8-9-10-14-20-32-26-18-15-19-27(26)35-30(32)28(31-21-23-34-24-22-31)29(33)25-16-12-11-13-17-25/h11-13,16-17H,2-10,14-15,18-24H2,1H3/b30-28+. The molecule has 0 bridgehead atoms. The summed E-state index contributed by atoms with van der Waals surface area (Å²) in [6.45, 7) is 6.27. The molecular weight excluding hydrogens is 452 g/mol. The number of rotatable bonds is 14. The van der Waals surface area contributed by atoms with Crippen molar-refractivity contribution in [1.82, 2.24) is 9.80 Å². The minimum atomic E-state index is 0.157. The molecule has 3 aliphatic rings. The second kappa shape index (κ2) is 14.1. The monoisotopic (exact) mass is 496 g/mol. The van der Waals surface area contributed by atoms with Crippen LogP contribution in [-0.4, -0.2) is 48.4 Å². The number of carbonyl (C=O) groups excluding carboxylic acids is 1. The first-order chi connectivity index (χ1) is 17.3. The summed E-state index contributed by atoms with van der Waals surface area (Å²) < 4.78 is 5.63. The summed E-state index contributed by atoms with van der Waals surface area (Å²) in [4.78, 5) is 20.2. The smallest absolute Gasteiger partial charge is 0.211 e. The maximum Gasteiger partial charge on any atom is 0.211 e. The summed E-state index contributed by atoms with van der Waals surface area (Å²) in [5.74, 6) is 0.157. The van der Waals surface area contributed by atoms with Crippen LogP contribution < -0.4 is 0 Å². The van der Waals surface area contributed by atoms with Crippen molar-refractivity contribution in [3.05, 3.63) is 57.2 Å². The van der Waals surface area contributed by atoms with Crippen LogP contribution in [0.15, 0.2) is 51.7 Å². The van der Waals surface area contributed by atoms with Crippen molar-refractivity contribution in [1.29, 1.82) is 0 Å². The summed E-state index contributed by atoms with van der Waals surface area (Å²) in [5.41, 5.74) is 3.17. The Labute approximate surface area is 217 Å². The first-order valence-corrected chi connectivity index (χ1v) is 15.0. The van der Waals surface area contributed by atoms with E-state index in [9.17, 15) is 4.79 Å². The van der Waals surface area contributed by atoms with Crippen LogP contribution in [-0.2, 0) is 4.74 Å². The van der Waals surface area contributed by atoms with Crippen molar-refractivity contribution in [3.63, 3.8) is 0 Å². The first-order valence-electron chi connectivity index (χ1n) is 14.1. The predicted molar refractivity (Wildman–Crippen MR) is 147 cm³/mol. The normalized spacial score (nSPS) is 19.5. The summed E-state index contributed by atoms with van der Waals surface area (Å²) in [5, 5.41) is 1.18. The molecule has 0 saturated carbocycles. The fourth-order valence-electron chi connectivity index (χ4n) is 5.45. The minimum absolute atomic E-state index is 0.157. The molecule has 0 amide bonds. The first kappa shape index (κ1) is 26.3. The lowest BCUT2D eigenvalue weighted by Gasteiger charge is -2.34. The maximum atomic E-state index is 13.8. The predicted octanol–water partition coefficient (Wildman–Crippen LogP) is 7.74. The average Bonchev–Trinajstić information content (AvgIpc) is 3.49. The average molecular weight is 497 g/mol. The third-order valence-electron chi connectivity index (χ3n) is 7.45. The van der Waals surface area contributed by atoms with Crippen LogP contribution >= 0.6 is 11.8 Å². The molecule has 0 atom stereocenters. The van der Waals surface area contributed by atoms with Gasteiger partial charge < -0.3 is 14.5 Å². The molecule has 4 nitrogen and oxygen atoms in total. The van der Waals surface area contributed by atoms with E-state index < -0.39 is 0 Å². The maximum absolute atomic E-state index is 13.8. The van der Waals surface area contributed by atoms with E-state index in [4.69, 9.17) is 4.74 Å². The quantitative estimate of drug-likeness (QED) is 0.149. The van der Waals surface area contributed by atoms with E-state index in [1.165, 1.54) is 86.3 Å². The van der Waals surface area contributed by atoms with Gasteiger partial charge in [0.15, 0.2) is 0 Å². The van der Waals surface area contributed by atoms with Gasteiger partial charge >= 0.3 is 0 Å². The Morgan fingerprint density at radius 2 is 1.54 bits per heavy atom. The number of hydrogen-bond donors (Lipinski definition) is 0. The van der Waals surface area contributed by atoms with Crippen LogP contribution in [0.1, 0.15) is 101 Å². The summed E-state index contributed by atoms with van der Waals surface area (Å²) in [6.07, 6.45) is 17.1. The van der Waals surface area contributed by atoms with Crippen LogP contribution in [0, 0.1) is 0 Å². The lowest BCUT2D eigenvalue weighted by atomic mass is 10.1. The Bertz CT molecular complexity index is 874. The van der Waals surface area contributed by atoms with E-state index in [1.807, 2.05) is 42.1 Å². The summed E-state index contributed by atoms with van der Waals surface area (Å²) in [7, 11) is 0. The number of ketones is 1. The van der Waals surface area contributed by atoms with Crippen LogP contribution in [0.2, 0.25) is 0 Å². The molecular formula is C30H44N2O2S. The number of unbranched alkanes of at least 4 members (excludes halogenated alkanes) is 9. The van der Waals surface area contributed by atoms with Gasteiger partial charge in [-0.25, -0.2) is 0 Å². The number of carbonyl (C=O) groups is 1. The zero-order valence-electron chi connectivity index (χ0n) is 21.7. The number of nitrogens with zero attached hydrogens (tertiary/aromatic N) is 2. The summed E-state index contributed by atoms with van der Waals surface area (Å²) >= 11 is 1.88. The molecule has 1 fully saturated rings. The molecule has 1 aromatic rings. The molecule has 1 aromatic carbocycles. The highest BCUT2D eigenvalue weighted by Crippen LogP contribution is 2.51. The Hall–Kier alpha value is -1.72. The molecule has 1 aliphatic carbocycles. The molecule has 0 N–H and O–H groups in total. The molecule has 2 aliphatic heterocycles. The van der Waals surface area contributed by atoms with Gasteiger partial charge in [-0.15, -0.1) is 0 Å². The van der Waals surface area contributed by atoms with Gasteiger partial charge in [-0.2, -0.15) is 0 Å². The second-order valence-electron chi connectivity index (χ2n) is 10.1. The van der Waals surface area contributed by atoms with Gasteiger partial charge in [0, 0.05) is 35.8 Å². The van der Waals surface area contributed by atoms with Crippen molar-refractivity contribution in [2.24, 2.45) is 0 Å². The number of ether oxygens (including phenoxy) is 1. The zero-order chi connectivity index (χ0) is 24.3. The van der Waals surface area contributed by atoms with E-state index >= 15 is 0 Å². The topological polar surface area (TPSA) is 32.8 Å². The molecule has 1 saturated heterocycles. The van der Waals surface area contributed by atoms with E-state index in [2.05, 4.69) is 16.7 Å². The Morgan fingerprint density at radius 1 is 0.886 bits per heavy atom. The van der Waals surface area contributed by atoms with Gasteiger partial charge in [0.1, 0.15) is 10.7 Å². The number of hydrogen-bond acceptors (Lipinski definition) is 5. The Balaban J connectivity index is 1.42. The highest BCUT2D eigenvalue weighted by molar-refractivity contribution is 8.07. The van der Waals surface area contributed by atoms with E-state index in [0.29, 0.717) is 13.2 Å². The zero-order valence-corrected chi connectivity index (χ0v) is 22.6. The molecule has 0 radical (unpaired) electrons. The van der Waals surface area contributed by atoms with Gasteiger partial charge in [-0.1, -0.05) is 107 Å². The molecule has 5 heteroatoms. The van der Waals surface area contributed by atoms with Gasteiger partial charge in [0.2, 0.25) is 5.78 Å². The van der Waals surface area contributed by atoms with Crippen LogP contribution in [0.4, 0.5) is 0 Å². The number of morpholine rings is 1. The van der Waals surface area contributed by atoms with Gasteiger partial charge in [-0.3, -0.25) is 4.79 Å². The van der Waals surface area contributed by atoms with Crippen molar-refractivity contribution in [3.8, 4) is 0 Å². The van der Waals surface area contributed by atoms with Crippen molar-refractivity contribution >= 4 is 17.5 Å². The fraction of sp³-hybridized carbons (Fsp3) is 0.633. The van der Waals surface area contributed by atoms with E-state index in [-0.39, 0.29) is 5.78 Å². The highest BCUT2D eigenvalue weighted by Gasteiger charge is 2.36. The molecule has 2 heterocycles. The SMILES string of the molecule is CCCCCCCCCCCCN1C2=C(CCC2)S/C1=C(\C(=O)c1ccccc1)N1CCOCC1. The lowest BCUT2D eigenvalue weighted by molar-refractivity contribution is 0.0497. The van der Waals surface area contributed by atoms with Gasteiger partial charge in [0.25, 0.3) is 0 Å². The third-order valence-corrected chi connectivity index (χ3v) is 8.74. The second-order valence-corrected chi connectivity index (χ2v) is 11.2. The molecule has 0 unspecified atom stereocenters. The van der Waals surface area contributed by atoms with Crippen LogP contribution in [0.5, 0.6) is 0 Å². The number of thioether (sulfide) groups is 1. The Kier molecular flexibility index (Phi) is 10.6.